The van der Waals surface area contributed by atoms with Crippen LogP contribution >= 0.6 is 11.3 Å². The number of rotatable bonds is 5. The number of para-hydroxylation sites is 1. The highest BCUT2D eigenvalue weighted by Gasteiger charge is 2.25. The molecule has 8 heteroatoms. The lowest BCUT2D eigenvalue weighted by molar-refractivity contribution is 0.460. The Labute approximate surface area is 204 Å². The molecule has 35 heavy (non-hydrogen) atoms. The summed E-state index contributed by atoms with van der Waals surface area (Å²) in [5.41, 5.74) is 3.52. The van der Waals surface area contributed by atoms with Crippen LogP contribution in [0.25, 0.3) is 21.1 Å². The summed E-state index contributed by atoms with van der Waals surface area (Å²) >= 11 is 1.56. The second-order valence-electron chi connectivity index (χ2n) is 9.00. The summed E-state index contributed by atoms with van der Waals surface area (Å²) in [4.78, 5) is 24.4. The van der Waals surface area contributed by atoms with Crippen LogP contribution in [0.1, 0.15) is 28.0 Å². The quantitative estimate of drug-likeness (QED) is 0.379. The van der Waals surface area contributed by atoms with Crippen molar-refractivity contribution in [2.75, 3.05) is 0 Å². The van der Waals surface area contributed by atoms with E-state index in [9.17, 15) is 13.6 Å². The molecule has 1 unspecified atom stereocenters. The zero-order valence-corrected chi connectivity index (χ0v) is 19.6. The third-order valence-corrected chi connectivity index (χ3v) is 7.72. The molecule has 0 spiro atoms. The minimum atomic E-state index is -0.570. The van der Waals surface area contributed by atoms with Crippen LogP contribution in [0, 0.1) is 11.6 Å². The van der Waals surface area contributed by atoms with E-state index in [0.29, 0.717) is 24.0 Å². The smallest absolute Gasteiger partial charge is 0.262 e. The molecule has 0 amide bonds. The molecule has 1 atom stereocenters. The Morgan fingerprint density at radius 2 is 1.89 bits per heavy atom. The molecule has 1 aliphatic carbocycles. The van der Waals surface area contributed by atoms with E-state index in [4.69, 9.17) is 0 Å². The number of thiophene rings is 1. The molecule has 2 aromatic carbocycles. The third kappa shape index (κ3) is 4.35. The van der Waals surface area contributed by atoms with Gasteiger partial charge in [0.1, 0.15) is 16.5 Å². The molecule has 6 rings (SSSR count). The predicted octanol–water partition coefficient (Wildman–Crippen LogP) is 4.98. The molecule has 0 aliphatic heterocycles. The fraction of sp³-hybridized carbons (Fsp3) is 0.222. The topological polar surface area (TPSA) is 59.8 Å². The van der Waals surface area contributed by atoms with Crippen molar-refractivity contribution in [3.05, 3.63) is 105 Å². The molecule has 0 bridgehead atoms. The molecule has 1 N–H and O–H groups in total. The van der Waals surface area contributed by atoms with Crippen molar-refractivity contribution in [2.45, 2.75) is 38.4 Å². The van der Waals surface area contributed by atoms with E-state index in [2.05, 4.69) is 21.4 Å². The Hall–Kier alpha value is -3.49. The first kappa shape index (κ1) is 22.0. The van der Waals surface area contributed by atoms with Crippen molar-refractivity contribution in [3.8, 4) is 0 Å². The van der Waals surface area contributed by atoms with Gasteiger partial charge in [0.2, 0.25) is 0 Å². The SMILES string of the molecule is O=c1c2c3c(sc2ncn1Cc1cnc2ccccc2c1)CC(NCc1cc(F)cc(F)c1)CC3. The van der Waals surface area contributed by atoms with Crippen LogP contribution < -0.4 is 10.9 Å². The monoisotopic (exact) mass is 488 g/mol. The van der Waals surface area contributed by atoms with E-state index in [-0.39, 0.29) is 11.6 Å². The Morgan fingerprint density at radius 1 is 1.06 bits per heavy atom. The van der Waals surface area contributed by atoms with Crippen molar-refractivity contribution >= 4 is 32.5 Å². The Morgan fingerprint density at radius 3 is 2.74 bits per heavy atom. The number of aromatic nitrogens is 3. The van der Waals surface area contributed by atoms with Gasteiger partial charge in [0.15, 0.2) is 0 Å². The van der Waals surface area contributed by atoms with Crippen LogP contribution in [-0.2, 0) is 25.9 Å². The molecule has 3 heterocycles. The highest BCUT2D eigenvalue weighted by molar-refractivity contribution is 7.18. The largest absolute Gasteiger partial charge is 0.310 e. The number of hydrogen-bond donors (Lipinski definition) is 1. The summed E-state index contributed by atoms with van der Waals surface area (Å²) < 4.78 is 28.6. The van der Waals surface area contributed by atoms with Gasteiger partial charge in [0.05, 0.1) is 23.8 Å². The molecule has 3 aromatic heterocycles. The Bertz CT molecular complexity index is 1610. The molecular formula is C27H22F2N4OS. The predicted molar refractivity (Wildman–Crippen MR) is 134 cm³/mol. The van der Waals surface area contributed by atoms with E-state index in [1.54, 1.807) is 22.2 Å². The van der Waals surface area contributed by atoms with E-state index >= 15 is 0 Å². The van der Waals surface area contributed by atoms with E-state index < -0.39 is 11.6 Å². The summed E-state index contributed by atoms with van der Waals surface area (Å²) in [6.45, 7) is 0.809. The minimum absolute atomic E-state index is 0.0256. The van der Waals surface area contributed by atoms with Crippen molar-refractivity contribution in [1.29, 1.82) is 0 Å². The first-order valence-corrected chi connectivity index (χ1v) is 12.4. The molecule has 1 aliphatic rings. The summed E-state index contributed by atoms with van der Waals surface area (Å²) in [6.07, 6.45) is 5.81. The zero-order valence-electron chi connectivity index (χ0n) is 18.8. The van der Waals surface area contributed by atoms with Crippen LogP contribution in [0.3, 0.4) is 0 Å². The summed E-state index contributed by atoms with van der Waals surface area (Å²) in [5, 5.41) is 5.17. The summed E-state index contributed by atoms with van der Waals surface area (Å²) in [5.74, 6) is -1.14. The maximum absolute atomic E-state index is 13.5. The number of fused-ring (bicyclic) bond motifs is 4. The van der Waals surface area contributed by atoms with Gasteiger partial charge in [-0.25, -0.2) is 13.8 Å². The van der Waals surface area contributed by atoms with Crippen LogP contribution in [0.4, 0.5) is 8.78 Å². The molecule has 0 saturated heterocycles. The first-order chi connectivity index (χ1) is 17.0. The van der Waals surface area contributed by atoms with Crippen LogP contribution in [0.2, 0.25) is 0 Å². The highest BCUT2D eigenvalue weighted by atomic mass is 32.1. The number of hydrogen-bond acceptors (Lipinski definition) is 5. The molecule has 0 fully saturated rings. The zero-order chi connectivity index (χ0) is 23.9. The number of halogens is 2. The molecule has 0 saturated carbocycles. The highest BCUT2D eigenvalue weighted by Crippen LogP contribution is 2.33. The first-order valence-electron chi connectivity index (χ1n) is 11.6. The van der Waals surface area contributed by atoms with E-state index in [0.717, 1.165) is 57.1 Å². The lowest BCUT2D eigenvalue weighted by Gasteiger charge is -2.23. The van der Waals surface area contributed by atoms with Crippen LogP contribution in [0.5, 0.6) is 0 Å². The van der Waals surface area contributed by atoms with Crippen LogP contribution in [0.15, 0.2) is 65.8 Å². The third-order valence-electron chi connectivity index (χ3n) is 6.55. The number of benzene rings is 2. The fourth-order valence-corrected chi connectivity index (χ4v) is 6.12. The van der Waals surface area contributed by atoms with Crippen molar-refractivity contribution in [1.82, 2.24) is 19.9 Å². The molecule has 5 aromatic rings. The van der Waals surface area contributed by atoms with Gasteiger partial charge in [-0.2, -0.15) is 0 Å². The summed E-state index contributed by atoms with van der Waals surface area (Å²) in [6, 6.07) is 13.7. The standard InChI is InChI=1S/C27H22F2N4OS/c28-19-8-16(9-20(29)10-19)12-30-21-5-6-22-24(11-21)35-26-25(22)27(34)33(15-32-26)14-17-7-18-3-1-2-4-23(18)31-13-17/h1-4,7-10,13,15,21,30H,5-6,11-12,14H2. The number of nitrogens with zero attached hydrogens (tertiary/aromatic N) is 3. The van der Waals surface area contributed by atoms with Crippen LogP contribution in [-0.4, -0.2) is 20.6 Å². The molecule has 5 nitrogen and oxygen atoms in total. The van der Waals surface area contributed by atoms with Crippen molar-refractivity contribution in [2.24, 2.45) is 0 Å². The van der Waals surface area contributed by atoms with Gasteiger partial charge >= 0.3 is 0 Å². The van der Waals surface area contributed by atoms with E-state index in [1.807, 2.05) is 30.5 Å². The van der Waals surface area contributed by atoms with Gasteiger partial charge in [-0.3, -0.25) is 14.3 Å². The number of nitrogens with one attached hydrogen (secondary N) is 1. The normalized spacial score (nSPS) is 15.5. The number of aryl methyl sites for hydroxylation is 1. The van der Waals surface area contributed by atoms with Crippen molar-refractivity contribution in [3.63, 3.8) is 0 Å². The maximum Gasteiger partial charge on any atom is 0.262 e. The van der Waals surface area contributed by atoms with Gasteiger partial charge in [0, 0.05) is 35.1 Å². The lowest BCUT2D eigenvalue weighted by Crippen LogP contribution is -2.34. The molecule has 0 radical (unpaired) electrons. The fourth-order valence-electron chi connectivity index (χ4n) is 4.86. The van der Waals surface area contributed by atoms with Gasteiger partial charge in [-0.05, 0) is 60.2 Å². The van der Waals surface area contributed by atoms with Crippen molar-refractivity contribution < 1.29 is 8.78 Å². The molecular weight excluding hydrogens is 466 g/mol. The van der Waals surface area contributed by atoms with Gasteiger partial charge < -0.3 is 5.32 Å². The average Bonchev–Trinajstić information content (AvgIpc) is 3.22. The second kappa shape index (κ2) is 8.94. The van der Waals surface area contributed by atoms with Gasteiger partial charge in [-0.15, -0.1) is 11.3 Å². The molecule has 176 valence electrons. The second-order valence-corrected chi connectivity index (χ2v) is 10.1. The Balaban J connectivity index is 1.23. The Kier molecular flexibility index (Phi) is 5.62. The lowest BCUT2D eigenvalue weighted by atomic mass is 9.93. The summed E-state index contributed by atoms with van der Waals surface area (Å²) in [7, 11) is 0. The minimum Gasteiger partial charge on any atom is -0.310 e. The number of pyridine rings is 1. The average molecular weight is 489 g/mol. The maximum atomic E-state index is 13.5. The van der Waals surface area contributed by atoms with Gasteiger partial charge in [-0.1, -0.05) is 18.2 Å². The van der Waals surface area contributed by atoms with Gasteiger partial charge in [0.25, 0.3) is 5.56 Å². The van der Waals surface area contributed by atoms with E-state index in [1.165, 1.54) is 12.1 Å².